The number of fused-ring (bicyclic) bond motifs is 1. The van der Waals surface area contributed by atoms with Crippen molar-refractivity contribution in [3.63, 3.8) is 0 Å². The van der Waals surface area contributed by atoms with E-state index in [1.165, 1.54) is 24.3 Å². The van der Waals surface area contributed by atoms with Crippen LogP contribution < -0.4 is 10.6 Å². The number of aromatic nitrogens is 2. The first-order chi connectivity index (χ1) is 15.4. The number of carbonyl (C=O) groups excluding carboxylic acids is 1. The van der Waals surface area contributed by atoms with Crippen molar-refractivity contribution in [2.75, 3.05) is 25.0 Å². The predicted octanol–water partition coefficient (Wildman–Crippen LogP) is 4.16. The Kier molecular flexibility index (Phi) is 6.50. The normalized spacial score (nSPS) is 13.3. The Hall–Kier alpha value is -3.26. The molecule has 2 N–H and O–H groups in total. The zero-order valence-corrected chi connectivity index (χ0v) is 18.2. The van der Waals surface area contributed by atoms with Crippen molar-refractivity contribution in [3.05, 3.63) is 66.0 Å². The molecule has 0 saturated heterocycles. The van der Waals surface area contributed by atoms with Crippen molar-refractivity contribution in [2.24, 2.45) is 5.92 Å². The number of nitrogens with zero attached hydrogens (tertiary/aromatic N) is 3. The van der Waals surface area contributed by atoms with Gasteiger partial charge in [0.2, 0.25) is 5.91 Å². The molecule has 168 valence electrons. The minimum atomic E-state index is -0.323. The van der Waals surface area contributed by atoms with E-state index in [2.05, 4.69) is 24.5 Å². The molecule has 0 bridgehead atoms. The van der Waals surface area contributed by atoms with Gasteiger partial charge in [0.25, 0.3) is 0 Å². The quantitative estimate of drug-likeness (QED) is 0.580. The average molecular weight is 440 g/mol. The van der Waals surface area contributed by atoms with Crippen LogP contribution in [-0.4, -0.2) is 40.0 Å². The zero-order chi connectivity index (χ0) is 22.7. The van der Waals surface area contributed by atoms with Crippen LogP contribution in [0, 0.1) is 17.6 Å². The fraction of sp³-hybridized carbons (Fsp3) is 0.333. The molecule has 0 saturated carbocycles. The Bertz CT molecular complexity index is 1080. The van der Waals surface area contributed by atoms with Crippen LogP contribution in [-0.2, 0) is 17.9 Å². The Morgan fingerprint density at radius 2 is 1.69 bits per heavy atom. The lowest BCUT2D eigenvalue weighted by Gasteiger charge is -2.29. The van der Waals surface area contributed by atoms with Crippen LogP contribution in [0.1, 0.15) is 19.7 Å². The highest BCUT2D eigenvalue weighted by Gasteiger charge is 2.26. The van der Waals surface area contributed by atoms with E-state index in [1.807, 2.05) is 4.57 Å². The van der Waals surface area contributed by atoms with Crippen LogP contribution in [0.25, 0.3) is 11.3 Å². The molecule has 0 spiro atoms. The maximum atomic E-state index is 13.5. The van der Waals surface area contributed by atoms with Crippen LogP contribution >= 0.6 is 0 Å². The summed E-state index contributed by atoms with van der Waals surface area (Å²) in [5.41, 5.74) is 2.14. The number of hydrogen-bond acceptors (Lipinski definition) is 4. The highest BCUT2D eigenvalue weighted by atomic mass is 19.1. The number of benzene rings is 2. The first kappa shape index (κ1) is 22.0. The first-order valence-corrected chi connectivity index (χ1v) is 10.8. The number of imidazole rings is 1. The summed E-state index contributed by atoms with van der Waals surface area (Å²) in [6, 6.07) is 12.2. The number of halogens is 2. The van der Waals surface area contributed by atoms with Gasteiger partial charge in [-0.1, -0.05) is 13.8 Å². The summed E-state index contributed by atoms with van der Waals surface area (Å²) in [4.78, 5) is 19.2. The molecule has 0 unspecified atom stereocenters. The molecule has 0 atom stereocenters. The molecule has 4 rings (SSSR count). The molecule has 1 aromatic heterocycles. The summed E-state index contributed by atoms with van der Waals surface area (Å²) in [7, 11) is 0. The molecule has 1 amide bonds. The van der Waals surface area contributed by atoms with Crippen LogP contribution in [0.2, 0.25) is 0 Å². The van der Waals surface area contributed by atoms with E-state index in [1.54, 1.807) is 29.2 Å². The highest BCUT2D eigenvalue weighted by molar-refractivity contribution is 5.79. The molecule has 1 aliphatic heterocycles. The van der Waals surface area contributed by atoms with Crippen molar-refractivity contribution >= 4 is 17.4 Å². The summed E-state index contributed by atoms with van der Waals surface area (Å²) in [6.45, 7) is 6.81. The fourth-order valence-electron chi connectivity index (χ4n) is 3.73. The van der Waals surface area contributed by atoms with Crippen molar-refractivity contribution in [1.82, 2.24) is 19.8 Å². The Morgan fingerprint density at radius 3 is 2.34 bits per heavy atom. The number of hydrogen-bond donors (Lipinski definition) is 2. The van der Waals surface area contributed by atoms with Gasteiger partial charge in [0.15, 0.2) is 0 Å². The van der Waals surface area contributed by atoms with Crippen LogP contribution in [0.5, 0.6) is 0 Å². The average Bonchev–Trinajstić information content (AvgIpc) is 3.13. The van der Waals surface area contributed by atoms with E-state index in [4.69, 9.17) is 4.98 Å². The highest BCUT2D eigenvalue weighted by Crippen LogP contribution is 2.33. The van der Waals surface area contributed by atoms with E-state index in [0.29, 0.717) is 43.5 Å². The SMILES string of the molecule is CC(C)CNCC(=O)N1CCn2c(nc(-c3ccc(F)cc3)c2Nc2ccc(F)cc2)C1. The summed E-state index contributed by atoms with van der Waals surface area (Å²) < 4.78 is 28.9. The number of carbonyl (C=O) groups is 1. The van der Waals surface area contributed by atoms with Gasteiger partial charge in [-0.05, 0) is 61.0 Å². The lowest BCUT2D eigenvalue weighted by atomic mass is 10.1. The smallest absolute Gasteiger partial charge is 0.236 e. The predicted molar refractivity (Wildman–Crippen MR) is 120 cm³/mol. The largest absolute Gasteiger partial charge is 0.340 e. The number of nitrogens with one attached hydrogen (secondary N) is 2. The standard InChI is InChI=1S/C24H27F2N5O/c1-16(2)13-27-14-22(32)30-11-12-31-21(15-30)29-23(17-3-5-18(25)6-4-17)24(31)28-20-9-7-19(26)8-10-20/h3-10,16,27-28H,11-15H2,1-2H3. The van der Waals surface area contributed by atoms with Gasteiger partial charge in [-0.15, -0.1) is 0 Å². The first-order valence-electron chi connectivity index (χ1n) is 10.8. The topological polar surface area (TPSA) is 62.2 Å². The van der Waals surface area contributed by atoms with Gasteiger partial charge in [0.1, 0.15) is 29.0 Å². The maximum Gasteiger partial charge on any atom is 0.236 e. The van der Waals surface area contributed by atoms with E-state index in [-0.39, 0.29) is 17.5 Å². The van der Waals surface area contributed by atoms with Crippen LogP contribution in [0.15, 0.2) is 48.5 Å². The van der Waals surface area contributed by atoms with Crippen LogP contribution in [0.4, 0.5) is 20.3 Å². The molecule has 0 aliphatic carbocycles. The van der Waals surface area contributed by atoms with Gasteiger partial charge in [-0.3, -0.25) is 4.79 Å². The molecule has 1 aliphatic rings. The molecule has 0 fully saturated rings. The van der Waals surface area contributed by atoms with E-state index in [0.717, 1.165) is 23.8 Å². The van der Waals surface area contributed by atoms with Crippen molar-refractivity contribution in [3.8, 4) is 11.3 Å². The maximum absolute atomic E-state index is 13.5. The van der Waals surface area contributed by atoms with E-state index >= 15 is 0 Å². The van der Waals surface area contributed by atoms with Gasteiger partial charge in [0.05, 0.1) is 13.1 Å². The molecule has 8 heteroatoms. The lowest BCUT2D eigenvalue weighted by molar-refractivity contribution is -0.131. The minimum Gasteiger partial charge on any atom is -0.340 e. The Balaban J connectivity index is 1.61. The van der Waals surface area contributed by atoms with Gasteiger partial charge in [-0.2, -0.15) is 0 Å². The van der Waals surface area contributed by atoms with Gasteiger partial charge in [-0.25, -0.2) is 13.8 Å². The third-order valence-corrected chi connectivity index (χ3v) is 5.38. The third kappa shape index (κ3) is 4.96. The minimum absolute atomic E-state index is 0.0382. The number of amides is 1. The monoisotopic (exact) mass is 439 g/mol. The van der Waals surface area contributed by atoms with E-state index in [9.17, 15) is 13.6 Å². The number of rotatable bonds is 7. The van der Waals surface area contributed by atoms with Crippen LogP contribution in [0.3, 0.4) is 0 Å². The molecular formula is C24H27F2N5O. The third-order valence-electron chi connectivity index (χ3n) is 5.38. The molecule has 2 aromatic carbocycles. The second-order valence-corrected chi connectivity index (χ2v) is 8.36. The Labute approximate surface area is 186 Å². The second kappa shape index (κ2) is 9.48. The molecule has 32 heavy (non-hydrogen) atoms. The molecule has 3 aromatic rings. The fourth-order valence-corrected chi connectivity index (χ4v) is 3.73. The van der Waals surface area contributed by atoms with Gasteiger partial charge < -0.3 is 20.1 Å². The lowest BCUT2D eigenvalue weighted by Crippen LogP contribution is -2.43. The molecular weight excluding hydrogens is 412 g/mol. The summed E-state index contributed by atoms with van der Waals surface area (Å²) >= 11 is 0. The van der Waals surface area contributed by atoms with Gasteiger partial charge >= 0.3 is 0 Å². The van der Waals surface area contributed by atoms with Crippen molar-refractivity contribution < 1.29 is 13.6 Å². The molecule has 6 nitrogen and oxygen atoms in total. The number of anilines is 2. The second-order valence-electron chi connectivity index (χ2n) is 8.36. The van der Waals surface area contributed by atoms with E-state index < -0.39 is 0 Å². The summed E-state index contributed by atoms with van der Waals surface area (Å²) in [5, 5.41) is 6.53. The van der Waals surface area contributed by atoms with Crippen molar-refractivity contribution in [2.45, 2.75) is 26.9 Å². The van der Waals surface area contributed by atoms with Crippen molar-refractivity contribution in [1.29, 1.82) is 0 Å². The Morgan fingerprint density at radius 1 is 1.03 bits per heavy atom. The molecule has 0 radical (unpaired) electrons. The summed E-state index contributed by atoms with van der Waals surface area (Å²) in [5.74, 6) is 1.36. The summed E-state index contributed by atoms with van der Waals surface area (Å²) in [6.07, 6.45) is 0. The van der Waals surface area contributed by atoms with Gasteiger partial charge in [0, 0.05) is 24.3 Å². The zero-order valence-electron chi connectivity index (χ0n) is 18.2. The molecule has 2 heterocycles.